The van der Waals surface area contributed by atoms with Crippen LogP contribution < -0.4 is 14.8 Å². The summed E-state index contributed by atoms with van der Waals surface area (Å²) in [6.45, 7) is 8.23. The molecule has 36 heavy (non-hydrogen) atoms. The minimum atomic E-state index is -0.386. The number of piperidine rings is 1. The van der Waals surface area contributed by atoms with E-state index in [0.717, 1.165) is 47.6 Å². The summed E-state index contributed by atoms with van der Waals surface area (Å²) in [5.74, 6) is 2.67. The van der Waals surface area contributed by atoms with Crippen LogP contribution in [-0.4, -0.2) is 46.7 Å². The Kier molecular flexibility index (Phi) is 6.71. The van der Waals surface area contributed by atoms with Crippen molar-refractivity contribution in [1.82, 2.24) is 20.4 Å². The third kappa shape index (κ3) is 5.23. The van der Waals surface area contributed by atoms with E-state index in [1.807, 2.05) is 63.2 Å². The Bertz CT molecular complexity index is 1240. The van der Waals surface area contributed by atoms with Crippen molar-refractivity contribution in [3.05, 3.63) is 59.5 Å². The molecular weight excluding hydrogens is 456 g/mol. The third-order valence-corrected chi connectivity index (χ3v) is 7.08. The van der Waals surface area contributed by atoms with Gasteiger partial charge in [-0.25, -0.2) is 0 Å². The molecule has 3 heterocycles. The summed E-state index contributed by atoms with van der Waals surface area (Å²) >= 11 is 0. The molecule has 8 heteroatoms. The molecule has 0 saturated carbocycles. The highest BCUT2D eigenvalue weighted by Gasteiger charge is 2.36. The largest absolute Gasteiger partial charge is 0.497 e. The number of rotatable bonds is 6. The summed E-state index contributed by atoms with van der Waals surface area (Å²) < 4.78 is 17.1. The Hall–Kier alpha value is -3.39. The van der Waals surface area contributed by atoms with Crippen molar-refractivity contribution in [3.8, 4) is 22.9 Å². The predicted molar refractivity (Wildman–Crippen MR) is 136 cm³/mol. The van der Waals surface area contributed by atoms with Crippen molar-refractivity contribution in [2.24, 2.45) is 5.92 Å². The van der Waals surface area contributed by atoms with E-state index in [2.05, 4.69) is 20.4 Å². The summed E-state index contributed by atoms with van der Waals surface area (Å²) in [5.41, 5.74) is 2.69. The average Bonchev–Trinajstić information content (AvgIpc) is 3.31. The fourth-order valence-electron chi connectivity index (χ4n) is 5.23. The van der Waals surface area contributed by atoms with Gasteiger partial charge in [-0.3, -0.25) is 9.69 Å². The number of methoxy groups -OCH3 is 1. The van der Waals surface area contributed by atoms with Crippen molar-refractivity contribution in [2.45, 2.75) is 58.2 Å². The van der Waals surface area contributed by atoms with Gasteiger partial charge in [0.05, 0.1) is 25.6 Å². The standard InChI is InChI=1S/C28H34N4O4/c1-18-8-5-6-10-21(18)26-30-25(36-31-26)17-32-13-7-9-19(16-32)27(33)29-23-15-28(2,3)35-24-14-20(34-4)11-12-22(23)24/h5-6,8,10-12,14,19,23H,7,9,13,15-17H2,1-4H3,(H,29,33). The molecular formula is C28H34N4O4. The lowest BCUT2D eigenvalue weighted by Gasteiger charge is -2.39. The first-order chi connectivity index (χ1) is 17.3. The molecule has 2 unspecified atom stereocenters. The Labute approximate surface area is 212 Å². The summed E-state index contributed by atoms with van der Waals surface area (Å²) in [6.07, 6.45) is 2.52. The Morgan fingerprint density at radius 3 is 2.89 bits per heavy atom. The van der Waals surface area contributed by atoms with Crippen LogP contribution in [0.3, 0.4) is 0 Å². The highest BCUT2D eigenvalue weighted by Crippen LogP contribution is 2.41. The molecule has 2 aromatic carbocycles. The lowest BCUT2D eigenvalue weighted by atomic mass is 9.88. The molecule has 190 valence electrons. The highest BCUT2D eigenvalue weighted by atomic mass is 16.5. The first kappa shape index (κ1) is 24.3. The molecule has 8 nitrogen and oxygen atoms in total. The van der Waals surface area contributed by atoms with Crippen LogP contribution in [0.5, 0.6) is 11.5 Å². The average molecular weight is 491 g/mol. The van der Waals surface area contributed by atoms with Crippen LogP contribution in [0.1, 0.15) is 56.2 Å². The SMILES string of the molecule is COc1ccc2c(c1)OC(C)(C)CC2NC(=O)C1CCCN(Cc2nc(-c3ccccc3C)no2)C1. The van der Waals surface area contributed by atoms with Crippen molar-refractivity contribution in [1.29, 1.82) is 0 Å². The molecule has 1 fully saturated rings. The van der Waals surface area contributed by atoms with Gasteiger partial charge in [-0.2, -0.15) is 4.98 Å². The van der Waals surface area contributed by atoms with E-state index in [-0.39, 0.29) is 23.5 Å². The molecule has 0 spiro atoms. The van der Waals surface area contributed by atoms with Gasteiger partial charge in [-0.05, 0) is 57.9 Å². The first-order valence-electron chi connectivity index (χ1n) is 12.6. The monoisotopic (exact) mass is 490 g/mol. The van der Waals surface area contributed by atoms with Gasteiger partial charge in [-0.15, -0.1) is 0 Å². The summed E-state index contributed by atoms with van der Waals surface area (Å²) in [5, 5.41) is 7.49. The normalized spacial score (nSPS) is 21.3. The number of nitrogens with zero attached hydrogens (tertiary/aromatic N) is 3. The van der Waals surface area contributed by atoms with Crippen LogP contribution in [-0.2, 0) is 11.3 Å². The van der Waals surface area contributed by atoms with E-state index in [0.29, 0.717) is 31.2 Å². The number of nitrogens with one attached hydrogen (secondary N) is 1. The van der Waals surface area contributed by atoms with Crippen LogP contribution in [0.2, 0.25) is 0 Å². The second-order valence-electron chi connectivity index (χ2n) is 10.4. The number of amides is 1. The molecule has 3 aromatic rings. The van der Waals surface area contributed by atoms with Crippen molar-refractivity contribution < 1.29 is 18.8 Å². The maximum atomic E-state index is 13.4. The smallest absolute Gasteiger partial charge is 0.241 e. The number of carbonyl (C=O) groups is 1. The number of fused-ring (bicyclic) bond motifs is 1. The molecule has 2 aliphatic heterocycles. The molecule has 5 rings (SSSR count). The number of aromatic nitrogens is 2. The van der Waals surface area contributed by atoms with Crippen molar-refractivity contribution in [3.63, 3.8) is 0 Å². The molecule has 2 atom stereocenters. The van der Waals surface area contributed by atoms with E-state index in [1.54, 1.807) is 7.11 Å². The summed E-state index contributed by atoms with van der Waals surface area (Å²) in [4.78, 5) is 20.2. The zero-order valence-electron chi connectivity index (χ0n) is 21.4. The van der Waals surface area contributed by atoms with Gasteiger partial charge >= 0.3 is 0 Å². The quantitative estimate of drug-likeness (QED) is 0.536. The topological polar surface area (TPSA) is 89.7 Å². The lowest BCUT2D eigenvalue weighted by molar-refractivity contribution is -0.128. The number of carbonyl (C=O) groups excluding carboxylic acids is 1. The van der Waals surface area contributed by atoms with Gasteiger partial charge in [0, 0.05) is 30.2 Å². The summed E-state index contributed by atoms with van der Waals surface area (Å²) in [7, 11) is 1.64. The molecule has 0 bridgehead atoms. The van der Waals surface area contributed by atoms with Crippen molar-refractivity contribution in [2.75, 3.05) is 20.2 Å². The molecule has 1 saturated heterocycles. The van der Waals surface area contributed by atoms with Crippen LogP contribution in [0, 0.1) is 12.8 Å². The lowest BCUT2D eigenvalue weighted by Crippen LogP contribution is -2.46. The fourth-order valence-corrected chi connectivity index (χ4v) is 5.23. The van der Waals surface area contributed by atoms with E-state index in [1.165, 1.54) is 0 Å². The zero-order chi connectivity index (χ0) is 25.3. The van der Waals surface area contributed by atoms with Gasteiger partial charge in [0.1, 0.15) is 17.1 Å². The van der Waals surface area contributed by atoms with Crippen molar-refractivity contribution >= 4 is 5.91 Å². The molecule has 0 radical (unpaired) electrons. The van der Waals surface area contributed by atoms with E-state index in [4.69, 9.17) is 14.0 Å². The van der Waals surface area contributed by atoms with Crippen LogP contribution >= 0.6 is 0 Å². The number of ether oxygens (including phenoxy) is 2. The van der Waals surface area contributed by atoms with E-state index >= 15 is 0 Å². The van der Waals surface area contributed by atoms with Gasteiger partial charge in [0.2, 0.25) is 17.6 Å². The number of aryl methyl sites for hydroxylation is 1. The van der Waals surface area contributed by atoms with E-state index in [9.17, 15) is 4.79 Å². The minimum Gasteiger partial charge on any atom is -0.497 e. The Morgan fingerprint density at radius 2 is 2.08 bits per heavy atom. The molecule has 1 N–H and O–H groups in total. The Balaban J connectivity index is 1.24. The third-order valence-electron chi connectivity index (χ3n) is 7.08. The Morgan fingerprint density at radius 1 is 1.25 bits per heavy atom. The second-order valence-corrected chi connectivity index (χ2v) is 10.4. The number of benzene rings is 2. The maximum Gasteiger partial charge on any atom is 0.241 e. The highest BCUT2D eigenvalue weighted by molar-refractivity contribution is 5.79. The molecule has 1 aromatic heterocycles. The molecule has 0 aliphatic carbocycles. The minimum absolute atomic E-state index is 0.0790. The van der Waals surface area contributed by atoms with Crippen LogP contribution in [0.15, 0.2) is 47.0 Å². The number of likely N-dealkylation sites (tertiary alicyclic amines) is 1. The molecule has 2 aliphatic rings. The summed E-state index contributed by atoms with van der Waals surface area (Å²) in [6, 6.07) is 13.7. The first-order valence-corrected chi connectivity index (χ1v) is 12.6. The fraction of sp³-hybridized carbons (Fsp3) is 0.464. The number of hydrogen-bond donors (Lipinski definition) is 1. The van der Waals surface area contributed by atoms with Gasteiger partial charge < -0.3 is 19.3 Å². The van der Waals surface area contributed by atoms with Crippen LogP contribution in [0.25, 0.3) is 11.4 Å². The van der Waals surface area contributed by atoms with Gasteiger partial charge in [0.15, 0.2) is 0 Å². The second kappa shape index (κ2) is 9.93. The van der Waals surface area contributed by atoms with Crippen LogP contribution in [0.4, 0.5) is 0 Å². The van der Waals surface area contributed by atoms with Gasteiger partial charge in [-0.1, -0.05) is 29.4 Å². The molecule has 1 amide bonds. The maximum absolute atomic E-state index is 13.4. The number of hydrogen-bond acceptors (Lipinski definition) is 7. The predicted octanol–water partition coefficient (Wildman–Crippen LogP) is 4.68. The zero-order valence-corrected chi connectivity index (χ0v) is 21.4. The van der Waals surface area contributed by atoms with Gasteiger partial charge in [0.25, 0.3) is 0 Å². The van der Waals surface area contributed by atoms with E-state index < -0.39 is 0 Å².